The molecule has 0 aliphatic carbocycles. The lowest BCUT2D eigenvalue weighted by Gasteiger charge is -2.29. The lowest BCUT2D eigenvalue weighted by molar-refractivity contribution is 0.111. The molecule has 0 aliphatic rings. The molecule has 1 aromatic carbocycles. The summed E-state index contributed by atoms with van der Waals surface area (Å²) in [7, 11) is 0. The smallest absolute Gasteiger partial charge is 0.0807 e. The van der Waals surface area contributed by atoms with E-state index in [1.165, 1.54) is 0 Å². The molecule has 2 heteroatoms. The van der Waals surface area contributed by atoms with Crippen LogP contribution in [0.2, 0.25) is 5.02 Å². The molecule has 0 saturated carbocycles. The maximum atomic E-state index is 10.2. The van der Waals surface area contributed by atoms with Gasteiger partial charge < -0.3 is 5.11 Å². The summed E-state index contributed by atoms with van der Waals surface area (Å²) in [6, 6.07) is 7.50. The molecule has 1 N–H and O–H groups in total. The molecule has 0 spiro atoms. The van der Waals surface area contributed by atoms with Gasteiger partial charge in [-0.25, -0.2) is 0 Å². The SMILES string of the molecule is CC(CC(O)c1ccccc1Cl)C(C)(C)C. The fraction of sp³-hybridized carbons (Fsp3) is 0.571. The Labute approximate surface area is 103 Å². The van der Waals surface area contributed by atoms with Crippen LogP contribution in [0.15, 0.2) is 24.3 Å². The zero-order chi connectivity index (χ0) is 12.3. The van der Waals surface area contributed by atoms with E-state index in [1.54, 1.807) is 0 Å². The van der Waals surface area contributed by atoms with Gasteiger partial charge in [0.2, 0.25) is 0 Å². The molecule has 0 aromatic heterocycles. The fourth-order valence-electron chi connectivity index (χ4n) is 1.56. The quantitative estimate of drug-likeness (QED) is 0.828. The van der Waals surface area contributed by atoms with Crippen LogP contribution in [0, 0.1) is 11.3 Å². The van der Waals surface area contributed by atoms with Crippen LogP contribution in [-0.2, 0) is 0 Å². The van der Waals surface area contributed by atoms with Crippen molar-refractivity contribution >= 4 is 11.6 Å². The van der Waals surface area contributed by atoms with Crippen LogP contribution in [0.5, 0.6) is 0 Å². The first kappa shape index (κ1) is 13.5. The molecule has 0 saturated heterocycles. The predicted molar refractivity (Wildman–Crippen MR) is 69.6 cm³/mol. The summed E-state index contributed by atoms with van der Waals surface area (Å²) in [5.74, 6) is 0.443. The Balaban J connectivity index is 2.73. The molecule has 16 heavy (non-hydrogen) atoms. The minimum absolute atomic E-state index is 0.211. The molecule has 1 nitrogen and oxygen atoms in total. The standard InChI is InChI=1S/C14H21ClO/c1-10(14(2,3)4)9-13(16)11-7-5-6-8-12(11)15/h5-8,10,13,16H,9H2,1-4H3. The highest BCUT2D eigenvalue weighted by molar-refractivity contribution is 6.31. The van der Waals surface area contributed by atoms with E-state index in [-0.39, 0.29) is 5.41 Å². The Bertz CT molecular complexity index is 341. The summed E-state index contributed by atoms with van der Waals surface area (Å²) in [6.45, 7) is 8.74. The van der Waals surface area contributed by atoms with Crippen LogP contribution in [0.25, 0.3) is 0 Å². The maximum absolute atomic E-state index is 10.2. The number of rotatable bonds is 3. The van der Waals surface area contributed by atoms with Crippen molar-refractivity contribution < 1.29 is 5.11 Å². The van der Waals surface area contributed by atoms with Gasteiger partial charge in [-0.05, 0) is 29.4 Å². The van der Waals surface area contributed by atoms with Crippen molar-refractivity contribution in [1.29, 1.82) is 0 Å². The molecule has 0 bridgehead atoms. The van der Waals surface area contributed by atoms with Crippen molar-refractivity contribution in [2.75, 3.05) is 0 Å². The minimum atomic E-state index is -0.470. The van der Waals surface area contributed by atoms with Gasteiger partial charge >= 0.3 is 0 Å². The molecule has 2 unspecified atom stereocenters. The second-order valence-corrected chi connectivity index (χ2v) is 5.95. The Morgan fingerprint density at radius 3 is 2.31 bits per heavy atom. The van der Waals surface area contributed by atoms with Gasteiger partial charge in [0.05, 0.1) is 6.10 Å². The average Bonchev–Trinajstić information content (AvgIpc) is 2.16. The third-order valence-corrected chi connectivity index (χ3v) is 3.66. The number of hydrogen-bond acceptors (Lipinski definition) is 1. The molecule has 0 fully saturated rings. The molecule has 0 heterocycles. The van der Waals surface area contributed by atoms with Crippen LogP contribution in [0.1, 0.15) is 45.8 Å². The van der Waals surface area contributed by atoms with E-state index < -0.39 is 6.10 Å². The van der Waals surface area contributed by atoms with Crippen molar-refractivity contribution in [3.63, 3.8) is 0 Å². The van der Waals surface area contributed by atoms with Crippen molar-refractivity contribution in [2.24, 2.45) is 11.3 Å². The maximum Gasteiger partial charge on any atom is 0.0807 e. The zero-order valence-electron chi connectivity index (χ0n) is 10.5. The Morgan fingerprint density at radius 1 is 1.25 bits per heavy atom. The molecular weight excluding hydrogens is 220 g/mol. The minimum Gasteiger partial charge on any atom is -0.388 e. The second kappa shape index (κ2) is 5.20. The van der Waals surface area contributed by atoms with E-state index in [9.17, 15) is 5.11 Å². The first-order valence-corrected chi connectivity index (χ1v) is 6.12. The van der Waals surface area contributed by atoms with Crippen LogP contribution in [-0.4, -0.2) is 5.11 Å². The number of hydrogen-bond donors (Lipinski definition) is 1. The van der Waals surface area contributed by atoms with E-state index in [2.05, 4.69) is 27.7 Å². The number of benzene rings is 1. The third kappa shape index (κ3) is 3.50. The van der Waals surface area contributed by atoms with Gasteiger partial charge in [0.15, 0.2) is 0 Å². The summed E-state index contributed by atoms with van der Waals surface area (Å²) in [5.41, 5.74) is 1.04. The van der Waals surface area contributed by atoms with Gasteiger partial charge in [0.1, 0.15) is 0 Å². The first-order valence-electron chi connectivity index (χ1n) is 5.75. The predicted octanol–water partition coefficient (Wildman–Crippen LogP) is 4.45. The van der Waals surface area contributed by atoms with Crippen molar-refractivity contribution in [2.45, 2.75) is 40.2 Å². The highest BCUT2D eigenvalue weighted by Gasteiger charge is 2.24. The van der Waals surface area contributed by atoms with Crippen LogP contribution in [0.3, 0.4) is 0 Å². The topological polar surface area (TPSA) is 20.2 Å². The fourth-order valence-corrected chi connectivity index (χ4v) is 1.82. The number of aliphatic hydroxyl groups excluding tert-OH is 1. The van der Waals surface area contributed by atoms with E-state index in [0.717, 1.165) is 12.0 Å². The average molecular weight is 241 g/mol. The van der Waals surface area contributed by atoms with Crippen molar-refractivity contribution in [3.8, 4) is 0 Å². The number of aliphatic hydroxyl groups is 1. The molecule has 2 atom stereocenters. The van der Waals surface area contributed by atoms with E-state index in [1.807, 2.05) is 24.3 Å². The normalized spacial score (nSPS) is 15.9. The van der Waals surface area contributed by atoms with Gasteiger partial charge in [0.25, 0.3) is 0 Å². The molecule has 1 aromatic rings. The summed E-state index contributed by atoms with van der Waals surface area (Å²) in [5, 5.41) is 10.8. The highest BCUT2D eigenvalue weighted by Crippen LogP contribution is 2.34. The first-order chi connectivity index (χ1) is 7.32. The lowest BCUT2D eigenvalue weighted by Crippen LogP contribution is -2.19. The summed E-state index contributed by atoms with van der Waals surface area (Å²) >= 11 is 6.06. The van der Waals surface area contributed by atoms with Gasteiger partial charge in [-0.2, -0.15) is 0 Å². The lowest BCUT2D eigenvalue weighted by atomic mass is 9.78. The second-order valence-electron chi connectivity index (χ2n) is 5.54. The van der Waals surface area contributed by atoms with Crippen LogP contribution < -0.4 is 0 Å². The monoisotopic (exact) mass is 240 g/mol. The molecule has 0 aliphatic heterocycles. The van der Waals surface area contributed by atoms with Crippen LogP contribution >= 0.6 is 11.6 Å². The summed E-state index contributed by atoms with van der Waals surface area (Å²) < 4.78 is 0. The van der Waals surface area contributed by atoms with E-state index >= 15 is 0 Å². The van der Waals surface area contributed by atoms with E-state index in [0.29, 0.717) is 10.9 Å². The summed E-state index contributed by atoms with van der Waals surface area (Å²) in [6.07, 6.45) is 0.274. The van der Waals surface area contributed by atoms with Crippen molar-refractivity contribution in [1.82, 2.24) is 0 Å². The summed E-state index contributed by atoms with van der Waals surface area (Å²) in [4.78, 5) is 0. The highest BCUT2D eigenvalue weighted by atomic mass is 35.5. The Kier molecular flexibility index (Phi) is 4.40. The van der Waals surface area contributed by atoms with Gasteiger partial charge in [-0.3, -0.25) is 0 Å². The molecule has 1 rings (SSSR count). The largest absolute Gasteiger partial charge is 0.388 e. The number of halogens is 1. The zero-order valence-corrected chi connectivity index (χ0v) is 11.3. The third-order valence-electron chi connectivity index (χ3n) is 3.32. The molecule has 0 radical (unpaired) electrons. The van der Waals surface area contributed by atoms with Gasteiger partial charge in [0, 0.05) is 5.02 Å². The molecule has 0 amide bonds. The molecule has 90 valence electrons. The van der Waals surface area contributed by atoms with Crippen molar-refractivity contribution in [3.05, 3.63) is 34.9 Å². The van der Waals surface area contributed by atoms with Gasteiger partial charge in [-0.15, -0.1) is 0 Å². The van der Waals surface area contributed by atoms with E-state index in [4.69, 9.17) is 11.6 Å². The molecular formula is C14H21ClO. The Morgan fingerprint density at radius 2 is 1.81 bits per heavy atom. The Hall–Kier alpha value is -0.530. The van der Waals surface area contributed by atoms with Gasteiger partial charge in [-0.1, -0.05) is 57.5 Å². The van der Waals surface area contributed by atoms with Crippen LogP contribution in [0.4, 0.5) is 0 Å².